The van der Waals surface area contributed by atoms with E-state index >= 15 is 0 Å². The molecule has 0 aromatic heterocycles. The van der Waals surface area contributed by atoms with Crippen molar-refractivity contribution in [3.8, 4) is 0 Å². The number of likely N-dealkylation sites (N-methyl/N-ethyl adjacent to an activating group) is 1. The zero-order valence-corrected chi connectivity index (χ0v) is 10.3. The third-order valence-electron chi connectivity index (χ3n) is 3.25. The molecule has 1 aromatic carbocycles. The maximum absolute atomic E-state index is 13.6. The lowest BCUT2D eigenvalue weighted by Crippen LogP contribution is -2.45. The van der Waals surface area contributed by atoms with Crippen molar-refractivity contribution in [3.63, 3.8) is 0 Å². The number of hydrogen-bond donors (Lipinski definition) is 1. The number of rotatable bonds is 3. The first kappa shape index (κ1) is 13.4. The Balaban J connectivity index is 2.14. The van der Waals surface area contributed by atoms with Crippen molar-refractivity contribution in [1.29, 1.82) is 0 Å². The van der Waals surface area contributed by atoms with Gasteiger partial charge in [0.15, 0.2) is 0 Å². The van der Waals surface area contributed by atoms with E-state index in [1.807, 2.05) is 6.92 Å². The molecule has 18 heavy (non-hydrogen) atoms. The fourth-order valence-corrected chi connectivity index (χ4v) is 2.15. The second-order valence-corrected chi connectivity index (χ2v) is 4.41. The van der Waals surface area contributed by atoms with Crippen molar-refractivity contribution in [2.24, 2.45) is 0 Å². The van der Waals surface area contributed by atoms with Gasteiger partial charge in [-0.05, 0) is 24.7 Å². The number of nitrogens with zero attached hydrogens (tertiary/aromatic N) is 1. The molecule has 0 aliphatic carbocycles. The van der Waals surface area contributed by atoms with Crippen LogP contribution < -0.4 is 0 Å². The molecule has 100 valence electrons. The minimum absolute atomic E-state index is 0.0436. The summed E-state index contributed by atoms with van der Waals surface area (Å²) in [5.74, 6) is -1.17. The first-order valence-corrected chi connectivity index (χ1v) is 6.08. The molecule has 0 amide bonds. The number of hydrogen-bond acceptors (Lipinski definition) is 3. The summed E-state index contributed by atoms with van der Waals surface area (Å²) in [6.07, 6.45) is -1.66. The highest BCUT2D eigenvalue weighted by Crippen LogP contribution is 2.25. The van der Waals surface area contributed by atoms with Crippen LogP contribution in [0.3, 0.4) is 0 Å². The summed E-state index contributed by atoms with van der Waals surface area (Å²) < 4.78 is 32.1. The van der Waals surface area contributed by atoms with E-state index in [4.69, 9.17) is 4.74 Å². The third-order valence-corrected chi connectivity index (χ3v) is 3.25. The summed E-state index contributed by atoms with van der Waals surface area (Å²) in [6, 6.07) is 3.08. The molecule has 1 aliphatic rings. The van der Waals surface area contributed by atoms with Crippen molar-refractivity contribution in [1.82, 2.24) is 4.90 Å². The number of morpholine rings is 1. The highest BCUT2D eigenvalue weighted by Gasteiger charge is 2.29. The van der Waals surface area contributed by atoms with Crippen LogP contribution in [0.1, 0.15) is 18.6 Å². The predicted octanol–water partition coefficient (Wildman–Crippen LogP) is 1.72. The van der Waals surface area contributed by atoms with E-state index in [0.717, 1.165) is 31.3 Å². The first-order valence-electron chi connectivity index (χ1n) is 6.08. The molecule has 5 heteroatoms. The van der Waals surface area contributed by atoms with Crippen LogP contribution in [-0.2, 0) is 4.74 Å². The van der Waals surface area contributed by atoms with E-state index in [-0.39, 0.29) is 5.56 Å². The lowest BCUT2D eigenvalue weighted by molar-refractivity contribution is -0.0898. The Hall–Kier alpha value is -1.04. The smallest absolute Gasteiger partial charge is 0.129 e. The molecular weight excluding hydrogens is 240 g/mol. The Morgan fingerprint density at radius 2 is 2.28 bits per heavy atom. The lowest BCUT2D eigenvalue weighted by Gasteiger charge is -2.34. The van der Waals surface area contributed by atoms with Gasteiger partial charge >= 0.3 is 0 Å². The van der Waals surface area contributed by atoms with Crippen molar-refractivity contribution < 1.29 is 18.6 Å². The van der Waals surface area contributed by atoms with Gasteiger partial charge in [-0.25, -0.2) is 8.78 Å². The number of benzene rings is 1. The molecular formula is C13H17F2NO2. The maximum Gasteiger partial charge on any atom is 0.129 e. The van der Waals surface area contributed by atoms with E-state index in [0.29, 0.717) is 13.2 Å². The first-order chi connectivity index (χ1) is 8.61. The number of aliphatic hydroxyl groups excluding tert-OH is 1. The summed E-state index contributed by atoms with van der Waals surface area (Å²) in [6.45, 7) is 4.67. The van der Waals surface area contributed by atoms with Crippen LogP contribution in [-0.4, -0.2) is 42.4 Å². The molecule has 0 saturated carbocycles. The summed E-state index contributed by atoms with van der Waals surface area (Å²) in [4.78, 5) is 2.11. The molecule has 1 heterocycles. The molecule has 0 radical (unpaired) electrons. The van der Waals surface area contributed by atoms with Crippen LogP contribution in [0.15, 0.2) is 18.2 Å². The number of aliphatic hydroxyl groups is 1. The summed E-state index contributed by atoms with van der Waals surface area (Å²) in [5, 5.41) is 10.1. The average molecular weight is 257 g/mol. The van der Waals surface area contributed by atoms with Crippen LogP contribution in [0.5, 0.6) is 0 Å². The van der Waals surface area contributed by atoms with E-state index in [2.05, 4.69) is 4.90 Å². The monoisotopic (exact) mass is 257 g/mol. The predicted molar refractivity (Wildman–Crippen MR) is 63.2 cm³/mol. The van der Waals surface area contributed by atoms with Gasteiger partial charge in [0, 0.05) is 18.7 Å². The molecule has 1 fully saturated rings. The van der Waals surface area contributed by atoms with Gasteiger partial charge in [-0.1, -0.05) is 6.92 Å². The van der Waals surface area contributed by atoms with Crippen LogP contribution in [0.2, 0.25) is 0 Å². The van der Waals surface area contributed by atoms with Gasteiger partial charge in [0.25, 0.3) is 0 Å². The highest BCUT2D eigenvalue weighted by molar-refractivity contribution is 5.22. The molecule has 3 nitrogen and oxygen atoms in total. The van der Waals surface area contributed by atoms with Gasteiger partial charge in [0.1, 0.15) is 23.8 Å². The van der Waals surface area contributed by atoms with Gasteiger partial charge in [0.2, 0.25) is 0 Å². The Bertz CT molecular complexity index is 414. The summed E-state index contributed by atoms with van der Waals surface area (Å²) in [5.41, 5.74) is -0.0436. The molecule has 1 aromatic rings. The molecule has 2 atom stereocenters. The molecule has 0 spiro atoms. The molecule has 0 bridgehead atoms. The Morgan fingerprint density at radius 3 is 3.00 bits per heavy atom. The Morgan fingerprint density at radius 1 is 1.50 bits per heavy atom. The number of halogens is 2. The summed E-state index contributed by atoms with van der Waals surface area (Å²) >= 11 is 0. The third kappa shape index (κ3) is 2.85. The molecule has 1 N–H and O–H groups in total. The van der Waals surface area contributed by atoms with Gasteiger partial charge < -0.3 is 9.84 Å². The zero-order valence-electron chi connectivity index (χ0n) is 10.3. The molecule has 2 unspecified atom stereocenters. The number of ether oxygens (including phenoxy) is 1. The van der Waals surface area contributed by atoms with Crippen LogP contribution in [0, 0.1) is 11.6 Å². The quantitative estimate of drug-likeness (QED) is 0.895. The second kappa shape index (κ2) is 5.73. The molecule has 2 rings (SSSR count). The van der Waals surface area contributed by atoms with Gasteiger partial charge in [0.05, 0.1) is 6.61 Å². The van der Waals surface area contributed by atoms with Crippen molar-refractivity contribution in [2.75, 3.05) is 26.2 Å². The highest BCUT2D eigenvalue weighted by atomic mass is 19.1. The van der Waals surface area contributed by atoms with Gasteiger partial charge in [-0.2, -0.15) is 0 Å². The Labute approximate surface area is 105 Å². The fourth-order valence-electron chi connectivity index (χ4n) is 2.15. The largest absolute Gasteiger partial charge is 0.386 e. The maximum atomic E-state index is 13.6. The van der Waals surface area contributed by atoms with E-state index < -0.39 is 23.8 Å². The minimum Gasteiger partial charge on any atom is -0.386 e. The van der Waals surface area contributed by atoms with Crippen LogP contribution in [0.25, 0.3) is 0 Å². The van der Waals surface area contributed by atoms with Crippen molar-refractivity contribution >= 4 is 0 Å². The van der Waals surface area contributed by atoms with Crippen molar-refractivity contribution in [2.45, 2.75) is 19.1 Å². The zero-order chi connectivity index (χ0) is 13.1. The van der Waals surface area contributed by atoms with Crippen molar-refractivity contribution in [3.05, 3.63) is 35.4 Å². The normalized spacial score (nSPS) is 23.0. The topological polar surface area (TPSA) is 32.7 Å². The molecule has 1 saturated heterocycles. The van der Waals surface area contributed by atoms with Gasteiger partial charge in [-0.15, -0.1) is 0 Å². The van der Waals surface area contributed by atoms with E-state index in [9.17, 15) is 13.9 Å². The van der Waals surface area contributed by atoms with E-state index in [1.165, 1.54) is 0 Å². The standard InChI is InChI=1S/C13H17F2NO2/c1-2-16-5-6-18-12(8-16)13(17)10-7-9(14)3-4-11(10)15/h3-4,7,12-13,17H,2,5-6,8H2,1H3. The fraction of sp³-hybridized carbons (Fsp3) is 0.538. The van der Waals surface area contributed by atoms with Crippen LogP contribution >= 0.6 is 0 Å². The second-order valence-electron chi connectivity index (χ2n) is 4.41. The van der Waals surface area contributed by atoms with Crippen LogP contribution in [0.4, 0.5) is 8.78 Å². The van der Waals surface area contributed by atoms with Gasteiger partial charge in [-0.3, -0.25) is 4.90 Å². The summed E-state index contributed by atoms with van der Waals surface area (Å²) in [7, 11) is 0. The Kier molecular flexibility index (Phi) is 4.27. The lowest BCUT2D eigenvalue weighted by atomic mass is 10.0. The average Bonchev–Trinajstić information content (AvgIpc) is 2.41. The SMILES string of the molecule is CCN1CCOC(C(O)c2cc(F)ccc2F)C1. The minimum atomic E-state index is -1.14. The van der Waals surface area contributed by atoms with E-state index in [1.54, 1.807) is 0 Å². The molecule has 1 aliphatic heterocycles.